The molecule has 1 aliphatic heterocycles. The molecule has 0 bridgehead atoms. The van der Waals surface area contributed by atoms with Crippen LogP contribution < -0.4 is 19.5 Å². The zero-order valence-electron chi connectivity index (χ0n) is 16.7. The second kappa shape index (κ2) is 8.11. The topological polar surface area (TPSA) is 120 Å². The van der Waals surface area contributed by atoms with E-state index in [-0.39, 0.29) is 17.0 Å². The number of nitrogens with zero attached hydrogens (tertiary/aromatic N) is 2. The quantitative estimate of drug-likeness (QED) is 0.417. The van der Waals surface area contributed by atoms with Crippen molar-refractivity contribution >= 4 is 28.8 Å². The molecule has 30 heavy (non-hydrogen) atoms. The Kier molecular flexibility index (Phi) is 5.58. The van der Waals surface area contributed by atoms with Gasteiger partial charge in [0.05, 0.1) is 31.8 Å². The van der Waals surface area contributed by atoms with Gasteiger partial charge in [-0.3, -0.25) is 24.6 Å². The molecule has 0 atom stereocenters. The van der Waals surface area contributed by atoms with Gasteiger partial charge in [0.1, 0.15) is 5.70 Å². The molecule has 1 N–H and O–H groups in total. The van der Waals surface area contributed by atoms with Crippen LogP contribution in [0.1, 0.15) is 5.56 Å². The van der Waals surface area contributed by atoms with Crippen LogP contribution >= 0.6 is 0 Å². The van der Waals surface area contributed by atoms with Crippen molar-refractivity contribution in [1.29, 1.82) is 0 Å². The van der Waals surface area contributed by atoms with E-state index in [1.165, 1.54) is 52.6 Å². The highest BCUT2D eigenvalue weighted by Crippen LogP contribution is 2.41. The Bertz CT molecular complexity index is 1040. The molecule has 2 amide bonds. The molecule has 1 aliphatic rings. The molecule has 0 saturated carbocycles. The lowest BCUT2D eigenvalue weighted by molar-refractivity contribution is -0.384. The molecular weight excluding hydrogens is 394 g/mol. The highest BCUT2D eigenvalue weighted by molar-refractivity contribution is 6.36. The van der Waals surface area contributed by atoms with Crippen LogP contribution in [0.4, 0.5) is 11.4 Å². The number of methoxy groups -OCH3 is 3. The van der Waals surface area contributed by atoms with Crippen LogP contribution in [0.5, 0.6) is 17.2 Å². The van der Waals surface area contributed by atoms with Crippen molar-refractivity contribution in [3.05, 3.63) is 57.8 Å². The third kappa shape index (κ3) is 3.50. The number of ether oxygens (including phenoxy) is 3. The number of hydrogen-bond acceptors (Lipinski definition) is 8. The summed E-state index contributed by atoms with van der Waals surface area (Å²) < 4.78 is 15.9. The zero-order chi connectivity index (χ0) is 22.0. The second-order valence-electron chi connectivity index (χ2n) is 6.26. The average Bonchev–Trinajstić information content (AvgIpc) is 2.96. The fourth-order valence-electron chi connectivity index (χ4n) is 3.07. The lowest BCUT2D eigenvalue weighted by atomic mass is 10.0. The number of amides is 2. The lowest BCUT2D eigenvalue weighted by Crippen LogP contribution is -2.27. The molecule has 2 aromatic carbocycles. The molecule has 0 spiro atoms. The number of hydrogen-bond donors (Lipinski definition) is 1. The Hall–Kier alpha value is -4.08. The summed E-state index contributed by atoms with van der Waals surface area (Å²) in [5.74, 6) is 0.0379. The molecule has 0 fully saturated rings. The Morgan fingerprint density at radius 3 is 1.97 bits per heavy atom. The lowest BCUT2D eigenvalue weighted by Gasteiger charge is -2.15. The highest BCUT2D eigenvalue weighted by atomic mass is 16.6. The molecule has 0 radical (unpaired) electrons. The van der Waals surface area contributed by atoms with Gasteiger partial charge in [0.25, 0.3) is 17.5 Å². The van der Waals surface area contributed by atoms with Gasteiger partial charge in [-0.05, 0) is 17.7 Å². The number of nitrogens with one attached hydrogen (secondary N) is 1. The number of nitro benzene ring substituents is 1. The van der Waals surface area contributed by atoms with Gasteiger partial charge in [0.15, 0.2) is 11.5 Å². The van der Waals surface area contributed by atoms with Crippen LogP contribution in [0.3, 0.4) is 0 Å². The van der Waals surface area contributed by atoms with Gasteiger partial charge in [0.2, 0.25) is 5.75 Å². The maximum atomic E-state index is 12.7. The van der Waals surface area contributed by atoms with E-state index in [1.54, 1.807) is 12.1 Å². The third-order valence-electron chi connectivity index (χ3n) is 4.59. The van der Waals surface area contributed by atoms with Crippen LogP contribution in [-0.2, 0) is 9.59 Å². The Balaban J connectivity index is 2.10. The number of non-ortho nitro benzene ring substituents is 1. The number of imide groups is 1. The summed E-state index contributed by atoms with van der Waals surface area (Å²) >= 11 is 0. The van der Waals surface area contributed by atoms with Gasteiger partial charge in [0, 0.05) is 37.0 Å². The zero-order valence-corrected chi connectivity index (χ0v) is 16.7. The smallest absolute Gasteiger partial charge is 0.277 e. The maximum absolute atomic E-state index is 12.7. The van der Waals surface area contributed by atoms with E-state index >= 15 is 0 Å². The van der Waals surface area contributed by atoms with E-state index in [4.69, 9.17) is 14.2 Å². The molecule has 10 heteroatoms. The number of anilines is 1. The summed E-state index contributed by atoms with van der Waals surface area (Å²) in [5.41, 5.74) is 0.814. The van der Waals surface area contributed by atoms with E-state index in [2.05, 4.69) is 5.32 Å². The average molecular weight is 413 g/mol. The van der Waals surface area contributed by atoms with Gasteiger partial charge in [-0.25, -0.2) is 0 Å². The van der Waals surface area contributed by atoms with E-state index in [9.17, 15) is 19.7 Å². The number of carbonyl (C=O) groups is 2. The summed E-state index contributed by atoms with van der Waals surface area (Å²) in [6.45, 7) is 0. The molecular formula is C20H19N3O7. The Morgan fingerprint density at radius 2 is 1.50 bits per heavy atom. The fourth-order valence-corrected chi connectivity index (χ4v) is 3.07. The van der Waals surface area contributed by atoms with Crippen molar-refractivity contribution in [2.24, 2.45) is 0 Å². The highest BCUT2D eigenvalue weighted by Gasteiger charge is 2.37. The molecule has 0 unspecified atom stereocenters. The number of nitro groups is 1. The van der Waals surface area contributed by atoms with Gasteiger partial charge in [-0.1, -0.05) is 0 Å². The molecule has 3 rings (SSSR count). The molecule has 2 aromatic rings. The minimum absolute atomic E-state index is 0.0330. The molecule has 0 saturated heterocycles. The molecule has 1 heterocycles. The second-order valence-corrected chi connectivity index (χ2v) is 6.26. The third-order valence-corrected chi connectivity index (χ3v) is 4.59. The van der Waals surface area contributed by atoms with Crippen molar-refractivity contribution in [3.63, 3.8) is 0 Å². The maximum Gasteiger partial charge on any atom is 0.277 e. The van der Waals surface area contributed by atoms with E-state index in [1.807, 2.05) is 0 Å². The summed E-state index contributed by atoms with van der Waals surface area (Å²) in [7, 11) is 5.75. The van der Waals surface area contributed by atoms with E-state index < -0.39 is 16.7 Å². The molecule has 10 nitrogen and oxygen atoms in total. The first-order valence-electron chi connectivity index (χ1n) is 8.70. The summed E-state index contributed by atoms with van der Waals surface area (Å²) in [6, 6.07) is 8.59. The van der Waals surface area contributed by atoms with Crippen molar-refractivity contribution in [3.8, 4) is 17.2 Å². The standard InChI is InChI=1S/C20H19N3O7/c1-22-19(24)16(11-5-7-13(8-6-11)23(26)27)17(20(22)25)21-12-9-14(28-2)18(30-4)15(10-12)29-3/h5-10,21H,1-4H3. The van der Waals surface area contributed by atoms with Crippen molar-refractivity contribution in [1.82, 2.24) is 4.90 Å². The van der Waals surface area contributed by atoms with Crippen molar-refractivity contribution in [2.75, 3.05) is 33.7 Å². The normalized spacial score (nSPS) is 13.5. The monoisotopic (exact) mass is 413 g/mol. The number of likely N-dealkylation sites (N-methyl/N-ethyl adjacent to an activating group) is 1. The Labute approximate surface area is 171 Å². The van der Waals surface area contributed by atoms with Crippen LogP contribution in [0.15, 0.2) is 42.1 Å². The van der Waals surface area contributed by atoms with Crippen LogP contribution in [0, 0.1) is 10.1 Å². The van der Waals surface area contributed by atoms with Gasteiger partial charge < -0.3 is 19.5 Å². The Morgan fingerprint density at radius 1 is 0.933 bits per heavy atom. The van der Waals surface area contributed by atoms with Crippen molar-refractivity contribution in [2.45, 2.75) is 0 Å². The van der Waals surface area contributed by atoms with Crippen LogP contribution in [0.2, 0.25) is 0 Å². The first-order chi connectivity index (χ1) is 14.3. The molecule has 156 valence electrons. The number of carbonyl (C=O) groups excluding carboxylic acids is 2. The predicted octanol–water partition coefficient (Wildman–Crippen LogP) is 2.44. The molecule has 0 aromatic heterocycles. The van der Waals surface area contributed by atoms with E-state index in [0.29, 0.717) is 28.5 Å². The largest absolute Gasteiger partial charge is 0.493 e. The van der Waals surface area contributed by atoms with Gasteiger partial charge >= 0.3 is 0 Å². The van der Waals surface area contributed by atoms with Crippen molar-refractivity contribution < 1.29 is 28.7 Å². The minimum Gasteiger partial charge on any atom is -0.493 e. The SMILES string of the molecule is COc1cc(NC2=C(c3ccc([N+](=O)[O-])cc3)C(=O)N(C)C2=O)cc(OC)c1OC. The summed E-state index contributed by atoms with van der Waals surface area (Å²) in [4.78, 5) is 36.7. The predicted molar refractivity (Wildman–Crippen MR) is 108 cm³/mol. The summed E-state index contributed by atoms with van der Waals surface area (Å²) in [5, 5.41) is 13.9. The number of benzene rings is 2. The van der Waals surface area contributed by atoms with Gasteiger partial charge in [-0.2, -0.15) is 0 Å². The fraction of sp³-hybridized carbons (Fsp3) is 0.200. The number of rotatable bonds is 7. The minimum atomic E-state index is -0.541. The first-order valence-corrected chi connectivity index (χ1v) is 8.70. The van der Waals surface area contributed by atoms with Crippen LogP contribution in [0.25, 0.3) is 5.57 Å². The summed E-state index contributed by atoms with van der Waals surface area (Å²) in [6.07, 6.45) is 0. The van der Waals surface area contributed by atoms with Crippen LogP contribution in [-0.4, -0.2) is 50.0 Å². The van der Waals surface area contributed by atoms with Gasteiger partial charge in [-0.15, -0.1) is 0 Å². The molecule has 0 aliphatic carbocycles. The first kappa shape index (κ1) is 20.6. The van der Waals surface area contributed by atoms with E-state index in [0.717, 1.165) is 4.90 Å².